The molecule has 2 aromatic rings. The fourth-order valence-corrected chi connectivity index (χ4v) is 1.75. The molecule has 2 aromatic carbocycles. The van der Waals surface area contributed by atoms with Crippen LogP contribution in [0.5, 0.6) is 0 Å². The van der Waals surface area contributed by atoms with E-state index in [4.69, 9.17) is 0 Å². The second kappa shape index (κ2) is 4.69. The largest absolute Gasteiger partial charge is 0.295 e. The van der Waals surface area contributed by atoms with Gasteiger partial charge in [0, 0.05) is 11.1 Å². The van der Waals surface area contributed by atoms with Gasteiger partial charge in [0.1, 0.15) is 0 Å². The Kier molecular flexibility index (Phi) is 3.24. The van der Waals surface area contributed by atoms with E-state index in [0.29, 0.717) is 11.1 Å². The van der Waals surface area contributed by atoms with Gasteiger partial charge >= 0.3 is 0 Å². The molecule has 1 nitrogen and oxygen atoms in total. The van der Waals surface area contributed by atoms with Crippen LogP contribution in [-0.4, -0.2) is 5.78 Å². The number of carbonyl (C=O) groups excluding carboxylic acids is 1. The zero-order valence-corrected chi connectivity index (χ0v) is 10.1. The monoisotopic (exact) mass is 246 g/mol. The molecule has 0 amide bonds. The number of hydrogen-bond acceptors (Lipinski definition) is 1. The quantitative estimate of drug-likeness (QED) is 0.728. The molecule has 92 valence electrons. The minimum atomic E-state index is -0.856. The Bertz CT molecular complexity index is 601. The predicted octanol–water partition coefficient (Wildman–Crippen LogP) is 4.14. The molecule has 0 bridgehead atoms. The molecular weight excluding hydrogens is 234 g/mol. The van der Waals surface area contributed by atoms with Crippen LogP contribution in [0, 0.1) is 18.6 Å². The topological polar surface area (TPSA) is 17.1 Å². The van der Waals surface area contributed by atoms with E-state index < -0.39 is 11.6 Å². The van der Waals surface area contributed by atoms with Gasteiger partial charge in [-0.3, -0.25) is 4.79 Å². The number of aryl methyl sites for hydroxylation is 1. The van der Waals surface area contributed by atoms with Gasteiger partial charge in [0.05, 0.1) is 0 Å². The molecule has 2 rings (SSSR count). The lowest BCUT2D eigenvalue weighted by Gasteiger charge is -2.06. The number of Topliss-reactive ketones (excluding diaryl/α,β-unsaturated/α-hetero) is 1. The van der Waals surface area contributed by atoms with Gasteiger partial charge in [-0.1, -0.05) is 36.4 Å². The van der Waals surface area contributed by atoms with Crippen LogP contribution in [0.4, 0.5) is 8.78 Å². The first-order valence-electron chi connectivity index (χ1n) is 5.56. The Hall–Kier alpha value is -2.03. The van der Waals surface area contributed by atoms with Crippen LogP contribution in [0.25, 0.3) is 11.1 Å². The summed E-state index contributed by atoms with van der Waals surface area (Å²) in [7, 11) is 0. The second-order valence-electron chi connectivity index (χ2n) is 4.19. The van der Waals surface area contributed by atoms with Crippen LogP contribution in [0.15, 0.2) is 36.4 Å². The van der Waals surface area contributed by atoms with Gasteiger partial charge in [0.15, 0.2) is 17.4 Å². The zero-order valence-electron chi connectivity index (χ0n) is 10.1. The van der Waals surface area contributed by atoms with Crippen molar-refractivity contribution in [1.82, 2.24) is 0 Å². The molecule has 0 fully saturated rings. The minimum absolute atomic E-state index is 0.0582. The fraction of sp³-hybridized carbons (Fsp3) is 0.133. The van der Waals surface area contributed by atoms with Gasteiger partial charge in [-0.2, -0.15) is 0 Å². The van der Waals surface area contributed by atoms with E-state index in [1.54, 1.807) is 24.3 Å². The Labute approximate surface area is 104 Å². The third-order valence-corrected chi connectivity index (χ3v) is 2.88. The van der Waals surface area contributed by atoms with Gasteiger partial charge in [-0.05, 0) is 25.0 Å². The van der Waals surface area contributed by atoms with E-state index in [1.807, 2.05) is 0 Å². The SMILES string of the molecule is CC(=O)c1ccc(-c2ccc(C)c(F)c2F)cc1. The molecular formula is C15H12F2O. The van der Waals surface area contributed by atoms with Crippen molar-refractivity contribution in [2.24, 2.45) is 0 Å². The van der Waals surface area contributed by atoms with Crippen molar-refractivity contribution in [2.45, 2.75) is 13.8 Å². The number of carbonyl (C=O) groups is 1. The lowest BCUT2D eigenvalue weighted by Crippen LogP contribution is -1.94. The molecule has 3 heteroatoms. The number of halogens is 2. The first-order chi connectivity index (χ1) is 8.50. The molecule has 0 N–H and O–H groups in total. The van der Waals surface area contributed by atoms with Crippen LogP contribution < -0.4 is 0 Å². The normalized spacial score (nSPS) is 10.4. The van der Waals surface area contributed by atoms with Gasteiger partial charge in [0.2, 0.25) is 0 Å². The molecule has 0 radical (unpaired) electrons. The highest BCUT2D eigenvalue weighted by atomic mass is 19.2. The highest BCUT2D eigenvalue weighted by Crippen LogP contribution is 2.26. The summed E-state index contributed by atoms with van der Waals surface area (Å²) in [6.45, 7) is 2.97. The average molecular weight is 246 g/mol. The van der Waals surface area contributed by atoms with E-state index in [-0.39, 0.29) is 16.9 Å². The van der Waals surface area contributed by atoms with Crippen LogP contribution in [0.3, 0.4) is 0 Å². The summed E-state index contributed by atoms with van der Waals surface area (Å²) in [5.41, 5.74) is 1.58. The molecule has 18 heavy (non-hydrogen) atoms. The summed E-state index contributed by atoms with van der Waals surface area (Å²) in [5, 5.41) is 0. The maximum absolute atomic E-state index is 13.8. The molecule has 0 spiro atoms. The average Bonchev–Trinajstić information content (AvgIpc) is 2.36. The van der Waals surface area contributed by atoms with Crippen LogP contribution >= 0.6 is 0 Å². The summed E-state index contributed by atoms with van der Waals surface area (Å²) >= 11 is 0. The number of benzene rings is 2. The molecule has 0 aromatic heterocycles. The standard InChI is InChI=1S/C15H12F2O/c1-9-3-8-13(15(17)14(9)16)12-6-4-11(5-7-12)10(2)18/h3-8H,1-2H3. The smallest absolute Gasteiger partial charge is 0.166 e. The summed E-state index contributed by atoms with van der Waals surface area (Å²) in [6, 6.07) is 9.51. The number of ketones is 1. The Morgan fingerprint density at radius 1 is 0.944 bits per heavy atom. The Morgan fingerprint density at radius 3 is 2.11 bits per heavy atom. The van der Waals surface area contributed by atoms with Gasteiger partial charge in [0.25, 0.3) is 0 Å². The van der Waals surface area contributed by atoms with E-state index in [1.165, 1.54) is 26.0 Å². The molecule has 0 unspecified atom stereocenters. The zero-order chi connectivity index (χ0) is 13.3. The van der Waals surface area contributed by atoms with E-state index in [0.717, 1.165) is 0 Å². The summed E-state index contributed by atoms with van der Waals surface area (Å²) in [4.78, 5) is 11.1. The molecule has 0 aliphatic rings. The highest BCUT2D eigenvalue weighted by Gasteiger charge is 2.12. The Morgan fingerprint density at radius 2 is 1.56 bits per heavy atom. The van der Waals surface area contributed by atoms with Crippen LogP contribution in [0.2, 0.25) is 0 Å². The van der Waals surface area contributed by atoms with Crippen molar-refractivity contribution in [3.8, 4) is 11.1 Å². The van der Waals surface area contributed by atoms with E-state index in [9.17, 15) is 13.6 Å². The summed E-state index contributed by atoms with van der Waals surface area (Å²) in [6.07, 6.45) is 0. The minimum Gasteiger partial charge on any atom is -0.295 e. The molecule has 0 atom stereocenters. The fourth-order valence-electron chi connectivity index (χ4n) is 1.75. The van der Waals surface area contributed by atoms with Crippen molar-refractivity contribution in [3.05, 3.63) is 59.2 Å². The molecule has 0 aliphatic heterocycles. The Balaban J connectivity index is 2.49. The maximum atomic E-state index is 13.8. The first kappa shape index (κ1) is 12.4. The van der Waals surface area contributed by atoms with Crippen molar-refractivity contribution >= 4 is 5.78 Å². The lowest BCUT2D eigenvalue weighted by molar-refractivity contribution is 0.101. The van der Waals surface area contributed by atoms with Crippen molar-refractivity contribution < 1.29 is 13.6 Å². The molecule has 0 saturated heterocycles. The second-order valence-corrected chi connectivity index (χ2v) is 4.19. The van der Waals surface area contributed by atoms with Crippen LogP contribution in [-0.2, 0) is 0 Å². The first-order valence-corrected chi connectivity index (χ1v) is 5.56. The molecule has 0 aliphatic carbocycles. The summed E-state index contributed by atoms with van der Waals surface area (Å²) in [5.74, 6) is -1.74. The number of rotatable bonds is 2. The summed E-state index contributed by atoms with van der Waals surface area (Å²) < 4.78 is 27.2. The van der Waals surface area contributed by atoms with Gasteiger partial charge in [-0.25, -0.2) is 8.78 Å². The predicted molar refractivity (Wildman–Crippen MR) is 66.5 cm³/mol. The van der Waals surface area contributed by atoms with Gasteiger partial charge < -0.3 is 0 Å². The van der Waals surface area contributed by atoms with Crippen molar-refractivity contribution in [1.29, 1.82) is 0 Å². The lowest BCUT2D eigenvalue weighted by atomic mass is 10.0. The maximum Gasteiger partial charge on any atom is 0.166 e. The molecule has 0 saturated carbocycles. The third kappa shape index (κ3) is 2.16. The van der Waals surface area contributed by atoms with Crippen LogP contribution in [0.1, 0.15) is 22.8 Å². The van der Waals surface area contributed by atoms with Gasteiger partial charge in [-0.15, -0.1) is 0 Å². The van der Waals surface area contributed by atoms with Crippen molar-refractivity contribution in [2.75, 3.05) is 0 Å². The number of hydrogen-bond donors (Lipinski definition) is 0. The van der Waals surface area contributed by atoms with Crippen molar-refractivity contribution in [3.63, 3.8) is 0 Å². The highest BCUT2D eigenvalue weighted by molar-refractivity contribution is 5.94. The van der Waals surface area contributed by atoms with E-state index in [2.05, 4.69) is 0 Å². The molecule has 0 heterocycles. The third-order valence-electron chi connectivity index (χ3n) is 2.88. The van der Waals surface area contributed by atoms with E-state index >= 15 is 0 Å².